The monoisotopic (exact) mass is 488 g/mol. The third-order valence-electron chi connectivity index (χ3n) is 4.65. The molecule has 0 radical (unpaired) electrons. The number of anilines is 2. The lowest BCUT2D eigenvalue weighted by atomic mass is 10.1. The molecule has 0 aliphatic carbocycles. The van der Waals surface area contributed by atoms with Gasteiger partial charge in [0.15, 0.2) is 4.34 Å². The number of rotatable bonds is 9. The molecule has 10 heteroatoms. The number of hydrogen-bond acceptors (Lipinski definition) is 7. The van der Waals surface area contributed by atoms with Crippen molar-refractivity contribution in [2.45, 2.75) is 30.0 Å². The van der Waals surface area contributed by atoms with Gasteiger partial charge in [-0.2, -0.15) is 0 Å². The second-order valence-corrected chi connectivity index (χ2v) is 11.2. The number of carbonyl (C=O) groups is 1. The average Bonchev–Trinajstić information content (AvgIpc) is 3.20. The van der Waals surface area contributed by atoms with Crippen LogP contribution in [-0.4, -0.2) is 36.8 Å². The molecule has 32 heavy (non-hydrogen) atoms. The molecule has 0 aliphatic rings. The number of nitrogens with zero attached hydrogens (tertiary/aromatic N) is 3. The van der Waals surface area contributed by atoms with Gasteiger partial charge in [0, 0.05) is 5.75 Å². The predicted octanol–water partition coefficient (Wildman–Crippen LogP) is 4.58. The summed E-state index contributed by atoms with van der Waals surface area (Å²) in [5.41, 5.74) is 3.33. The Morgan fingerprint density at radius 2 is 1.84 bits per heavy atom. The Morgan fingerprint density at radius 1 is 1.12 bits per heavy atom. The zero-order chi connectivity index (χ0) is 23.3. The van der Waals surface area contributed by atoms with Gasteiger partial charge in [-0.3, -0.25) is 14.4 Å². The summed E-state index contributed by atoms with van der Waals surface area (Å²) >= 11 is 2.68. The minimum Gasteiger partial charge on any atom is -0.299 e. The molecule has 1 heterocycles. The highest BCUT2D eigenvalue weighted by Gasteiger charge is 2.28. The zero-order valence-corrected chi connectivity index (χ0v) is 20.5. The van der Waals surface area contributed by atoms with Crippen molar-refractivity contribution in [1.82, 2.24) is 10.2 Å². The van der Waals surface area contributed by atoms with E-state index in [1.54, 1.807) is 42.5 Å². The highest BCUT2D eigenvalue weighted by atomic mass is 32.2. The first-order valence-corrected chi connectivity index (χ1v) is 13.0. The van der Waals surface area contributed by atoms with Crippen LogP contribution in [0.1, 0.15) is 16.7 Å². The molecule has 7 nitrogen and oxygen atoms in total. The standard InChI is InChI=1S/C22H24N4O3S3/c1-5-12-30-22-25-24-21(31-22)23-20(27)14-26(18-9-8-16(3)17(4)13-18)32(28,29)19-10-6-15(2)7-11-19/h5-11,13H,1,12,14H2,2-4H3,(H,23,24,27). The largest absolute Gasteiger partial charge is 0.299 e. The van der Waals surface area contributed by atoms with Crippen LogP contribution in [0.15, 0.2) is 64.4 Å². The molecule has 1 N–H and O–H groups in total. The topological polar surface area (TPSA) is 92.3 Å². The Kier molecular flexibility index (Phi) is 7.70. The highest BCUT2D eigenvalue weighted by Crippen LogP contribution is 2.28. The second-order valence-electron chi connectivity index (χ2n) is 7.11. The molecule has 1 amide bonds. The third kappa shape index (κ3) is 5.76. The number of benzene rings is 2. The maximum absolute atomic E-state index is 13.5. The lowest BCUT2D eigenvalue weighted by Gasteiger charge is -2.24. The van der Waals surface area contributed by atoms with Crippen molar-refractivity contribution < 1.29 is 13.2 Å². The summed E-state index contributed by atoms with van der Waals surface area (Å²) in [4.78, 5) is 12.9. The molecule has 2 aromatic carbocycles. The van der Waals surface area contributed by atoms with E-state index < -0.39 is 22.5 Å². The fourth-order valence-electron chi connectivity index (χ4n) is 2.77. The van der Waals surface area contributed by atoms with Gasteiger partial charge in [0.25, 0.3) is 10.0 Å². The number of hydrogen-bond donors (Lipinski definition) is 1. The minimum absolute atomic E-state index is 0.119. The van der Waals surface area contributed by atoms with Gasteiger partial charge in [-0.25, -0.2) is 8.42 Å². The summed E-state index contributed by atoms with van der Waals surface area (Å²) in [5, 5.41) is 10.9. The van der Waals surface area contributed by atoms with E-state index in [2.05, 4.69) is 22.1 Å². The molecule has 3 rings (SSSR count). The van der Waals surface area contributed by atoms with E-state index in [0.29, 0.717) is 20.9 Å². The summed E-state index contributed by atoms with van der Waals surface area (Å²) in [6.45, 7) is 9.00. The van der Waals surface area contributed by atoms with Crippen LogP contribution >= 0.6 is 23.1 Å². The minimum atomic E-state index is -3.97. The lowest BCUT2D eigenvalue weighted by Crippen LogP contribution is -2.38. The third-order valence-corrected chi connectivity index (χ3v) is 8.41. The molecule has 0 saturated heterocycles. The molecule has 1 aromatic heterocycles. The van der Waals surface area contributed by atoms with E-state index >= 15 is 0 Å². The molecule has 0 atom stereocenters. The van der Waals surface area contributed by atoms with Crippen LogP contribution < -0.4 is 9.62 Å². The average molecular weight is 489 g/mol. The molecule has 0 bridgehead atoms. The number of sulfonamides is 1. The van der Waals surface area contributed by atoms with E-state index in [9.17, 15) is 13.2 Å². The van der Waals surface area contributed by atoms with Crippen LogP contribution in [0.5, 0.6) is 0 Å². The van der Waals surface area contributed by atoms with Gasteiger partial charge in [0.1, 0.15) is 6.54 Å². The Labute approximate surface area is 196 Å². The normalized spacial score (nSPS) is 11.2. The van der Waals surface area contributed by atoms with Gasteiger partial charge >= 0.3 is 0 Å². The molecule has 0 unspecified atom stereocenters. The van der Waals surface area contributed by atoms with Crippen LogP contribution in [0.25, 0.3) is 0 Å². The zero-order valence-electron chi connectivity index (χ0n) is 18.0. The molecule has 168 valence electrons. The molecule has 0 aliphatic heterocycles. The van der Waals surface area contributed by atoms with Gasteiger partial charge in [-0.1, -0.05) is 52.9 Å². The lowest BCUT2D eigenvalue weighted by molar-refractivity contribution is -0.114. The number of aromatic nitrogens is 2. The van der Waals surface area contributed by atoms with Gasteiger partial charge in [-0.05, 0) is 56.2 Å². The smallest absolute Gasteiger partial charge is 0.264 e. The molecular weight excluding hydrogens is 464 g/mol. The highest BCUT2D eigenvalue weighted by molar-refractivity contribution is 8.01. The van der Waals surface area contributed by atoms with Crippen molar-refractivity contribution in [1.29, 1.82) is 0 Å². The fourth-order valence-corrected chi connectivity index (χ4v) is 5.71. The van der Waals surface area contributed by atoms with Crippen LogP contribution in [0, 0.1) is 20.8 Å². The van der Waals surface area contributed by atoms with Crippen LogP contribution in [-0.2, 0) is 14.8 Å². The molecular formula is C22H24N4O3S3. The quantitative estimate of drug-likeness (QED) is 0.269. The Hall–Kier alpha value is -2.69. The van der Waals surface area contributed by atoms with E-state index in [0.717, 1.165) is 21.0 Å². The number of nitrogens with one attached hydrogen (secondary N) is 1. The molecule has 0 saturated carbocycles. The fraction of sp³-hybridized carbons (Fsp3) is 0.227. The summed E-state index contributed by atoms with van der Waals surface area (Å²) in [6.07, 6.45) is 1.75. The van der Waals surface area contributed by atoms with Gasteiger partial charge < -0.3 is 0 Å². The van der Waals surface area contributed by atoms with Crippen molar-refractivity contribution in [2.24, 2.45) is 0 Å². The number of amides is 1. The molecule has 0 spiro atoms. The first kappa shape index (κ1) is 24.0. The Bertz CT molecular complexity index is 1220. The molecule has 3 aromatic rings. The van der Waals surface area contributed by atoms with Crippen molar-refractivity contribution in [3.05, 3.63) is 71.8 Å². The van der Waals surface area contributed by atoms with Crippen LogP contribution in [0.2, 0.25) is 0 Å². The first-order valence-electron chi connectivity index (χ1n) is 9.74. The van der Waals surface area contributed by atoms with Crippen molar-refractivity contribution in [3.63, 3.8) is 0 Å². The Balaban J connectivity index is 1.89. The second kappa shape index (κ2) is 10.3. The number of carbonyl (C=O) groups excluding carboxylic acids is 1. The van der Waals surface area contributed by atoms with E-state index in [4.69, 9.17) is 0 Å². The van der Waals surface area contributed by atoms with E-state index in [-0.39, 0.29) is 4.90 Å². The summed E-state index contributed by atoms with van der Waals surface area (Å²) in [7, 11) is -3.97. The van der Waals surface area contributed by atoms with Crippen molar-refractivity contribution >= 4 is 49.8 Å². The molecule has 0 fully saturated rings. The number of aryl methyl sites for hydroxylation is 3. The summed E-state index contributed by atoms with van der Waals surface area (Å²) < 4.78 is 28.7. The van der Waals surface area contributed by atoms with E-state index in [1.807, 2.05) is 26.8 Å². The maximum atomic E-state index is 13.5. The number of thioether (sulfide) groups is 1. The van der Waals surface area contributed by atoms with Crippen LogP contribution in [0.3, 0.4) is 0 Å². The van der Waals surface area contributed by atoms with Gasteiger partial charge in [-0.15, -0.1) is 16.8 Å². The maximum Gasteiger partial charge on any atom is 0.264 e. The SMILES string of the molecule is C=CCSc1nnc(NC(=O)CN(c2ccc(C)c(C)c2)S(=O)(=O)c2ccc(C)cc2)s1. The summed E-state index contributed by atoms with van der Waals surface area (Å²) in [6, 6.07) is 11.9. The predicted molar refractivity (Wildman–Crippen MR) is 131 cm³/mol. The van der Waals surface area contributed by atoms with Gasteiger partial charge in [0.2, 0.25) is 11.0 Å². The van der Waals surface area contributed by atoms with E-state index in [1.165, 1.54) is 23.1 Å². The van der Waals surface area contributed by atoms with Crippen molar-refractivity contribution in [2.75, 3.05) is 21.9 Å². The first-order chi connectivity index (χ1) is 15.2. The summed E-state index contributed by atoms with van der Waals surface area (Å²) in [5.74, 6) is 0.174. The van der Waals surface area contributed by atoms with Gasteiger partial charge in [0.05, 0.1) is 10.6 Å². The van der Waals surface area contributed by atoms with Crippen LogP contribution in [0.4, 0.5) is 10.8 Å². The Morgan fingerprint density at radius 3 is 2.50 bits per heavy atom. The van der Waals surface area contributed by atoms with Crippen molar-refractivity contribution in [3.8, 4) is 0 Å².